The van der Waals surface area contributed by atoms with Gasteiger partial charge in [0, 0.05) is 30.5 Å². The number of nitrogens with one attached hydrogen (secondary N) is 1. The van der Waals surface area contributed by atoms with Crippen LogP contribution in [0.1, 0.15) is 45.5 Å². The van der Waals surface area contributed by atoms with E-state index in [0.717, 1.165) is 33.5 Å². The molecule has 0 aliphatic heterocycles. The molecule has 0 radical (unpaired) electrons. The lowest BCUT2D eigenvalue weighted by Gasteiger charge is -2.14. The lowest BCUT2D eigenvalue weighted by molar-refractivity contribution is 0.0511. The molecule has 0 atom stereocenters. The van der Waals surface area contributed by atoms with E-state index >= 15 is 0 Å². The number of carbonyl (C=O) groups excluding carboxylic acids is 1. The molecule has 6 rings (SSSR count). The van der Waals surface area contributed by atoms with E-state index in [1.165, 1.54) is 0 Å². The van der Waals surface area contributed by atoms with Crippen LogP contribution in [0.3, 0.4) is 0 Å². The molecule has 2 aromatic heterocycles. The summed E-state index contributed by atoms with van der Waals surface area (Å²) in [6.45, 7) is 6.28. The number of benzene rings is 4. The molecule has 4 aromatic carbocycles. The zero-order chi connectivity index (χ0) is 32.3. The third kappa shape index (κ3) is 6.29. The van der Waals surface area contributed by atoms with Crippen molar-refractivity contribution in [3.8, 4) is 11.1 Å². The number of esters is 1. The fourth-order valence-corrected chi connectivity index (χ4v) is 6.70. The van der Waals surface area contributed by atoms with Crippen LogP contribution in [0.5, 0.6) is 0 Å². The van der Waals surface area contributed by atoms with Crippen LogP contribution in [0.25, 0.3) is 22.2 Å². The minimum absolute atomic E-state index is 0.0985. The van der Waals surface area contributed by atoms with Crippen LogP contribution in [-0.2, 0) is 34.1 Å². The number of imidazole rings is 1. The first-order valence-electron chi connectivity index (χ1n) is 15.1. The van der Waals surface area contributed by atoms with Crippen LogP contribution in [0.4, 0.5) is 5.88 Å². The Morgan fingerprint density at radius 1 is 0.891 bits per heavy atom. The Kier molecular flexibility index (Phi) is 8.72. The zero-order valence-electron chi connectivity index (χ0n) is 25.9. The summed E-state index contributed by atoms with van der Waals surface area (Å²) < 4.78 is 42.3. The Hall–Kier alpha value is -5.22. The smallest absolute Gasteiger partial charge is 0.340 e. The first-order valence-corrected chi connectivity index (χ1v) is 16.6. The van der Waals surface area contributed by atoms with Crippen LogP contribution >= 0.6 is 0 Å². The second-order valence-electron chi connectivity index (χ2n) is 11.0. The Morgan fingerprint density at radius 2 is 1.63 bits per heavy atom. The van der Waals surface area contributed by atoms with Crippen molar-refractivity contribution in [2.75, 3.05) is 11.3 Å². The fourth-order valence-electron chi connectivity index (χ4n) is 5.42. The average Bonchev–Trinajstić information content (AvgIpc) is 3.59. The monoisotopic (exact) mass is 634 g/mol. The summed E-state index contributed by atoms with van der Waals surface area (Å²) in [5.74, 6) is 0.563. The van der Waals surface area contributed by atoms with Gasteiger partial charge in [0.1, 0.15) is 5.82 Å². The van der Waals surface area contributed by atoms with Crippen molar-refractivity contribution in [1.29, 1.82) is 0 Å². The number of hydrogen-bond acceptors (Lipinski definition) is 7. The highest BCUT2D eigenvalue weighted by Crippen LogP contribution is 2.31. The lowest BCUT2D eigenvalue weighted by atomic mass is 10.0. The van der Waals surface area contributed by atoms with Gasteiger partial charge in [0.2, 0.25) is 5.88 Å². The van der Waals surface area contributed by atoms with Crippen molar-refractivity contribution in [3.63, 3.8) is 0 Å². The van der Waals surface area contributed by atoms with Crippen molar-refractivity contribution in [2.24, 2.45) is 0 Å². The molecule has 6 aromatic rings. The number of para-hydroxylation sites is 1. The minimum Gasteiger partial charge on any atom is -0.462 e. The molecule has 10 heteroatoms. The molecule has 0 unspecified atom stereocenters. The zero-order valence-corrected chi connectivity index (χ0v) is 26.7. The minimum atomic E-state index is -3.96. The molecular formula is C36H34N4O5S. The second-order valence-corrected chi connectivity index (χ2v) is 12.7. The van der Waals surface area contributed by atoms with Crippen LogP contribution in [-0.4, -0.2) is 35.7 Å². The molecule has 0 bridgehead atoms. The number of hydrogen-bond donors (Lipinski definition) is 1. The SMILES string of the molecule is CCc1nc2cccc(C(=O)OCCc3ccccc3)c2n1Cc1ccc(-c2ccccc2S(=O)(=O)Nc2onc(C)c2C)cc1. The summed E-state index contributed by atoms with van der Waals surface area (Å²) in [5, 5.41) is 3.85. The van der Waals surface area contributed by atoms with Gasteiger partial charge in [0.25, 0.3) is 10.0 Å². The first-order chi connectivity index (χ1) is 22.2. The van der Waals surface area contributed by atoms with E-state index in [9.17, 15) is 13.2 Å². The number of rotatable bonds is 11. The molecule has 0 aliphatic carbocycles. The quantitative estimate of drug-likeness (QED) is 0.151. The van der Waals surface area contributed by atoms with Gasteiger partial charge in [0.05, 0.1) is 33.8 Å². The van der Waals surface area contributed by atoms with Gasteiger partial charge in [-0.1, -0.05) is 90.9 Å². The topological polar surface area (TPSA) is 116 Å². The number of carbonyl (C=O) groups is 1. The number of anilines is 1. The van der Waals surface area contributed by atoms with E-state index in [1.54, 1.807) is 44.2 Å². The number of nitrogens with zero attached hydrogens (tertiary/aromatic N) is 3. The summed E-state index contributed by atoms with van der Waals surface area (Å²) in [5.41, 5.74) is 6.55. The van der Waals surface area contributed by atoms with Gasteiger partial charge in [-0.15, -0.1) is 0 Å². The Balaban J connectivity index is 1.26. The molecule has 0 saturated heterocycles. The van der Waals surface area contributed by atoms with E-state index in [0.29, 0.717) is 41.8 Å². The van der Waals surface area contributed by atoms with Gasteiger partial charge < -0.3 is 13.8 Å². The maximum absolute atomic E-state index is 13.4. The summed E-state index contributed by atoms with van der Waals surface area (Å²) >= 11 is 0. The van der Waals surface area contributed by atoms with E-state index in [4.69, 9.17) is 14.2 Å². The highest BCUT2D eigenvalue weighted by molar-refractivity contribution is 7.92. The highest BCUT2D eigenvalue weighted by atomic mass is 32.2. The number of ether oxygens (including phenoxy) is 1. The first kappa shape index (κ1) is 30.8. The van der Waals surface area contributed by atoms with E-state index in [-0.39, 0.29) is 23.4 Å². The van der Waals surface area contributed by atoms with Gasteiger partial charge in [-0.25, -0.2) is 22.9 Å². The highest BCUT2D eigenvalue weighted by Gasteiger charge is 2.23. The number of fused-ring (bicyclic) bond motifs is 1. The Labute approximate surface area is 267 Å². The number of aromatic nitrogens is 3. The predicted molar refractivity (Wildman–Crippen MR) is 177 cm³/mol. The van der Waals surface area contributed by atoms with Gasteiger partial charge in [-0.2, -0.15) is 0 Å². The van der Waals surface area contributed by atoms with E-state index in [1.807, 2.05) is 73.7 Å². The molecule has 0 saturated carbocycles. The molecule has 1 N–H and O–H groups in total. The Morgan fingerprint density at radius 3 is 2.35 bits per heavy atom. The third-order valence-electron chi connectivity index (χ3n) is 8.02. The summed E-state index contributed by atoms with van der Waals surface area (Å²) in [4.78, 5) is 18.2. The maximum atomic E-state index is 13.4. The second kappa shape index (κ2) is 13.0. The van der Waals surface area contributed by atoms with Crippen molar-refractivity contribution in [1.82, 2.24) is 14.7 Å². The molecule has 0 aliphatic rings. The van der Waals surface area contributed by atoms with Crippen LogP contribution in [0.15, 0.2) is 106 Å². The largest absolute Gasteiger partial charge is 0.462 e. The molecule has 9 nitrogen and oxygen atoms in total. The maximum Gasteiger partial charge on any atom is 0.340 e. The summed E-state index contributed by atoms with van der Waals surface area (Å²) in [6.07, 6.45) is 1.31. The van der Waals surface area contributed by atoms with E-state index in [2.05, 4.69) is 14.4 Å². The fraction of sp³-hybridized carbons (Fsp3) is 0.194. The predicted octanol–water partition coefficient (Wildman–Crippen LogP) is 7.12. The van der Waals surface area contributed by atoms with E-state index < -0.39 is 10.0 Å². The third-order valence-corrected chi connectivity index (χ3v) is 9.40. The average molecular weight is 635 g/mol. The summed E-state index contributed by atoms with van der Waals surface area (Å²) in [6, 6.07) is 30.0. The van der Waals surface area contributed by atoms with Crippen LogP contribution in [0.2, 0.25) is 0 Å². The Bertz CT molecular complexity index is 2120. The van der Waals surface area contributed by atoms with Crippen molar-refractivity contribution in [3.05, 3.63) is 131 Å². The molecule has 46 heavy (non-hydrogen) atoms. The molecule has 0 amide bonds. The lowest BCUT2D eigenvalue weighted by Crippen LogP contribution is -2.14. The van der Waals surface area contributed by atoms with Gasteiger partial charge in [-0.3, -0.25) is 0 Å². The van der Waals surface area contributed by atoms with Crippen LogP contribution in [0, 0.1) is 13.8 Å². The number of aryl methyl sites for hydroxylation is 2. The standard InChI is InChI=1S/C36H34N4O5S/c1-4-33-37-31-15-10-14-30(36(41)44-22-21-26-11-6-5-7-12-26)34(31)40(33)23-27-17-19-28(20-18-27)29-13-8-9-16-32(29)46(42,43)39-35-24(2)25(3)38-45-35/h5-20,39H,4,21-23H2,1-3H3. The van der Waals surface area contributed by atoms with Gasteiger partial charge in [-0.05, 0) is 48.7 Å². The number of sulfonamides is 1. The van der Waals surface area contributed by atoms with Crippen molar-refractivity contribution in [2.45, 2.75) is 45.1 Å². The molecular weight excluding hydrogens is 600 g/mol. The van der Waals surface area contributed by atoms with Gasteiger partial charge >= 0.3 is 5.97 Å². The van der Waals surface area contributed by atoms with Gasteiger partial charge in [0.15, 0.2) is 0 Å². The summed E-state index contributed by atoms with van der Waals surface area (Å²) in [7, 11) is -3.96. The van der Waals surface area contributed by atoms with Crippen molar-refractivity contribution < 1.29 is 22.5 Å². The molecule has 234 valence electrons. The molecule has 0 spiro atoms. The van der Waals surface area contributed by atoms with Crippen LogP contribution < -0.4 is 4.72 Å². The molecule has 0 fully saturated rings. The molecule has 2 heterocycles. The van der Waals surface area contributed by atoms with Crippen molar-refractivity contribution >= 4 is 32.9 Å². The normalized spacial score (nSPS) is 11.5.